The van der Waals surface area contributed by atoms with Crippen molar-refractivity contribution >= 4 is 15.9 Å². The number of piperazine rings is 1. The van der Waals surface area contributed by atoms with Gasteiger partial charge in [0.2, 0.25) is 15.9 Å². The molecule has 6 nitrogen and oxygen atoms in total. The standard InChI is InChI=1S/C18H29N3O3S/c1-4-20(5-2)25(23,24)17-9-6-16(7-10-17)8-11-18(22)21-13-12-19-14-15(21)3/h6-7,9-10,15,19H,4-5,8,11-14H2,1-3H3/t15-/m1/s1. The fourth-order valence-electron chi connectivity index (χ4n) is 3.15. The third kappa shape index (κ3) is 4.80. The Labute approximate surface area is 151 Å². The second-order valence-corrected chi connectivity index (χ2v) is 8.31. The van der Waals surface area contributed by atoms with E-state index < -0.39 is 10.0 Å². The van der Waals surface area contributed by atoms with E-state index in [0.717, 1.165) is 25.2 Å². The summed E-state index contributed by atoms with van der Waals surface area (Å²) in [5.41, 5.74) is 0.981. The van der Waals surface area contributed by atoms with Crippen molar-refractivity contribution in [2.45, 2.75) is 44.6 Å². The van der Waals surface area contributed by atoms with Crippen LogP contribution >= 0.6 is 0 Å². The zero-order valence-electron chi connectivity index (χ0n) is 15.4. The van der Waals surface area contributed by atoms with Gasteiger partial charge in [-0.05, 0) is 31.0 Å². The summed E-state index contributed by atoms with van der Waals surface area (Å²) in [4.78, 5) is 14.6. The van der Waals surface area contributed by atoms with Gasteiger partial charge in [-0.2, -0.15) is 4.31 Å². The molecule has 0 aliphatic carbocycles. The maximum atomic E-state index is 12.5. The van der Waals surface area contributed by atoms with Gasteiger partial charge in [-0.1, -0.05) is 26.0 Å². The number of nitrogens with one attached hydrogen (secondary N) is 1. The number of benzene rings is 1. The smallest absolute Gasteiger partial charge is 0.243 e. The van der Waals surface area contributed by atoms with E-state index in [1.165, 1.54) is 4.31 Å². The molecule has 0 radical (unpaired) electrons. The summed E-state index contributed by atoms with van der Waals surface area (Å²) in [5, 5.41) is 3.28. The first-order chi connectivity index (χ1) is 11.9. The van der Waals surface area contributed by atoms with Gasteiger partial charge in [0.05, 0.1) is 4.90 Å². The van der Waals surface area contributed by atoms with E-state index in [0.29, 0.717) is 30.8 Å². The summed E-state index contributed by atoms with van der Waals surface area (Å²) in [5.74, 6) is 0.161. The molecule has 1 aromatic rings. The average Bonchev–Trinajstić information content (AvgIpc) is 2.61. The SMILES string of the molecule is CCN(CC)S(=O)(=O)c1ccc(CCC(=O)N2CCNC[C@H]2C)cc1. The first kappa shape index (κ1) is 19.9. The molecular formula is C18H29N3O3S. The predicted octanol–water partition coefficient (Wildman–Crippen LogP) is 1.47. The maximum absolute atomic E-state index is 12.5. The maximum Gasteiger partial charge on any atom is 0.243 e. The summed E-state index contributed by atoms with van der Waals surface area (Å²) >= 11 is 0. The molecule has 1 amide bonds. The van der Waals surface area contributed by atoms with Crippen molar-refractivity contribution in [3.05, 3.63) is 29.8 Å². The highest BCUT2D eigenvalue weighted by Crippen LogP contribution is 2.17. The van der Waals surface area contributed by atoms with Crippen molar-refractivity contribution in [2.75, 3.05) is 32.7 Å². The Morgan fingerprint density at radius 1 is 1.24 bits per heavy atom. The molecule has 1 aromatic carbocycles. The zero-order valence-corrected chi connectivity index (χ0v) is 16.2. The number of amides is 1. The molecule has 0 unspecified atom stereocenters. The monoisotopic (exact) mass is 367 g/mol. The molecule has 1 saturated heterocycles. The lowest BCUT2D eigenvalue weighted by Gasteiger charge is -2.34. The minimum atomic E-state index is -3.42. The Morgan fingerprint density at radius 3 is 2.44 bits per heavy atom. The summed E-state index contributed by atoms with van der Waals surface area (Å²) in [6.45, 7) is 9.06. The number of rotatable bonds is 7. The number of hydrogen-bond donors (Lipinski definition) is 1. The van der Waals surface area contributed by atoms with Crippen molar-refractivity contribution in [3.63, 3.8) is 0 Å². The summed E-state index contributed by atoms with van der Waals surface area (Å²) < 4.78 is 26.4. The quantitative estimate of drug-likeness (QED) is 0.792. The molecule has 1 N–H and O–H groups in total. The molecule has 140 valence electrons. The van der Waals surface area contributed by atoms with Crippen LogP contribution in [0.15, 0.2) is 29.2 Å². The van der Waals surface area contributed by atoms with Crippen molar-refractivity contribution in [3.8, 4) is 0 Å². The summed E-state index contributed by atoms with van der Waals surface area (Å²) in [6.07, 6.45) is 1.08. The second-order valence-electron chi connectivity index (χ2n) is 6.37. The van der Waals surface area contributed by atoms with Gasteiger partial charge >= 0.3 is 0 Å². The molecule has 0 spiro atoms. The van der Waals surface area contributed by atoms with E-state index in [2.05, 4.69) is 12.2 Å². The number of carbonyl (C=O) groups excluding carboxylic acids is 1. The number of sulfonamides is 1. The third-order valence-electron chi connectivity index (χ3n) is 4.72. The Balaban J connectivity index is 1.97. The summed E-state index contributed by atoms with van der Waals surface area (Å²) in [6, 6.07) is 7.13. The second kappa shape index (κ2) is 8.78. The van der Waals surface area contributed by atoms with Gasteiger partial charge < -0.3 is 10.2 Å². The van der Waals surface area contributed by atoms with Crippen molar-refractivity contribution in [2.24, 2.45) is 0 Å². The Hall–Kier alpha value is -1.44. The molecular weight excluding hydrogens is 338 g/mol. The lowest BCUT2D eigenvalue weighted by molar-refractivity contribution is -0.133. The van der Waals surface area contributed by atoms with E-state index in [-0.39, 0.29) is 11.9 Å². The van der Waals surface area contributed by atoms with Crippen LogP contribution in [0.1, 0.15) is 32.8 Å². The molecule has 1 aliphatic rings. The topological polar surface area (TPSA) is 69.7 Å². The minimum absolute atomic E-state index is 0.161. The van der Waals surface area contributed by atoms with Gasteiger partial charge in [0.15, 0.2) is 0 Å². The fourth-order valence-corrected chi connectivity index (χ4v) is 4.61. The van der Waals surface area contributed by atoms with Crippen molar-refractivity contribution in [1.29, 1.82) is 0 Å². The first-order valence-electron chi connectivity index (χ1n) is 8.99. The van der Waals surface area contributed by atoms with Crippen molar-refractivity contribution < 1.29 is 13.2 Å². The zero-order chi connectivity index (χ0) is 18.4. The van der Waals surface area contributed by atoms with E-state index in [4.69, 9.17) is 0 Å². The fraction of sp³-hybridized carbons (Fsp3) is 0.611. The van der Waals surface area contributed by atoms with E-state index in [9.17, 15) is 13.2 Å². The highest BCUT2D eigenvalue weighted by atomic mass is 32.2. The molecule has 0 saturated carbocycles. The predicted molar refractivity (Wildman–Crippen MR) is 98.9 cm³/mol. The molecule has 2 rings (SSSR count). The van der Waals surface area contributed by atoms with E-state index >= 15 is 0 Å². The van der Waals surface area contributed by atoms with Gasteiger partial charge in [-0.15, -0.1) is 0 Å². The van der Waals surface area contributed by atoms with Gasteiger partial charge in [-0.3, -0.25) is 4.79 Å². The normalized spacial score (nSPS) is 18.6. The number of carbonyl (C=O) groups is 1. The molecule has 1 aliphatic heterocycles. The average molecular weight is 368 g/mol. The lowest BCUT2D eigenvalue weighted by atomic mass is 10.1. The van der Waals surface area contributed by atoms with Crippen molar-refractivity contribution in [1.82, 2.24) is 14.5 Å². The van der Waals surface area contributed by atoms with E-state index in [1.54, 1.807) is 12.1 Å². The lowest BCUT2D eigenvalue weighted by Crippen LogP contribution is -2.52. The van der Waals surface area contributed by atoms with Crippen LogP contribution in [-0.4, -0.2) is 62.3 Å². The molecule has 0 bridgehead atoms. The Kier molecular flexibility index (Phi) is 6.98. The van der Waals surface area contributed by atoms with Crippen LogP contribution in [0.5, 0.6) is 0 Å². The van der Waals surface area contributed by atoms with Gasteiger partial charge in [-0.25, -0.2) is 8.42 Å². The summed E-state index contributed by atoms with van der Waals surface area (Å²) in [7, 11) is -3.42. The molecule has 1 atom stereocenters. The molecule has 0 aromatic heterocycles. The first-order valence-corrected chi connectivity index (χ1v) is 10.4. The minimum Gasteiger partial charge on any atom is -0.337 e. The van der Waals surface area contributed by atoms with Crippen LogP contribution in [0.2, 0.25) is 0 Å². The van der Waals surface area contributed by atoms with E-state index in [1.807, 2.05) is 30.9 Å². The number of nitrogens with zero attached hydrogens (tertiary/aromatic N) is 2. The third-order valence-corrected chi connectivity index (χ3v) is 6.78. The molecule has 7 heteroatoms. The van der Waals surface area contributed by atoms with Crippen LogP contribution in [0.3, 0.4) is 0 Å². The highest BCUT2D eigenvalue weighted by molar-refractivity contribution is 7.89. The van der Waals surface area contributed by atoms with Crippen LogP contribution in [-0.2, 0) is 21.2 Å². The number of hydrogen-bond acceptors (Lipinski definition) is 4. The Morgan fingerprint density at radius 2 is 1.88 bits per heavy atom. The largest absolute Gasteiger partial charge is 0.337 e. The van der Waals surface area contributed by atoms with Crippen LogP contribution < -0.4 is 5.32 Å². The van der Waals surface area contributed by atoms with Crippen LogP contribution in [0.4, 0.5) is 0 Å². The highest BCUT2D eigenvalue weighted by Gasteiger charge is 2.23. The number of aryl methyl sites for hydroxylation is 1. The van der Waals surface area contributed by atoms with Crippen LogP contribution in [0.25, 0.3) is 0 Å². The molecule has 25 heavy (non-hydrogen) atoms. The van der Waals surface area contributed by atoms with Crippen LogP contribution in [0, 0.1) is 0 Å². The van der Waals surface area contributed by atoms with Gasteiger partial charge in [0.1, 0.15) is 0 Å². The van der Waals surface area contributed by atoms with Gasteiger partial charge in [0, 0.05) is 45.2 Å². The molecule has 1 fully saturated rings. The molecule has 1 heterocycles. The van der Waals surface area contributed by atoms with Gasteiger partial charge in [0.25, 0.3) is 0 Å². The Bertz CT molecular complexity index is 669.